The van der Waals surface area contributed by atoms with Gasteiger partial charge in [-0.05, 0) is 24.6 Å². The molecule has 8 heteroatoms. The van der Waals surface area contributed by atoms with Crippen LogP contribution in [-0.2, 0) is 5.75 Å². The minimum Gasteiger partial charge on any atom is -0.423 e. The van der Waals surface area contributed by atoms with Crippen LogP contribution in [0.4, 0.5) is 5.82 Å². The second-order valence-electron chi connectivity index (χ2n) is 6.58. The van der Waals surface area contributed by atoms with Crippen LogP contribution >= 0.6 is 11.8 Å². The summed E-state index contributed by atoms with van der Waals surface area (Å²) in [6.45, 7) is 1.98. The molecule has 0 unspecified atom stereocenters. The van der Waals surface area contributed by atoms with Gasteiger partial charge in [0.25, 0.3) is 0 Å². The fourth-order valence-corrected chi connectivity index (χ4v) is 3.96. The van der Waals surface area contributed by atoms with Gasteiger partial charge in [-0.2, -0.15) is 5.26 Å². The highest BCUT2D eigenvalue weighted by atomic mass is 32.2. The number of nitrogen functional groups attached to an aromatic ring is 1. The summed E-state index contributed by atoms with van der Waals surface area (Å²) in [4.78, 5) is 20.9. The summed E-state index contributed by atoms with van der Waals surface area (Å²) in [7, 11) is 0. The molecule has 3 N–H and O–H groups in total. The van der Waals surface area contributed by atoms with Gasteiger partial charge in [0.15, 0.2) is 11.0 Å². The van der Waals surface area contributed by atoms with E-state index in [1.807, 2.05) is 49.4 Å². The predicted molar refractivity (Wildman–Crippen MR) is 117 cm³/mol. The smallest absolute Gasteiger partial charge is 0.336 e. The number of nitrogens with two attached hydrogens (primary N) is 1. The van der Waals surface area contributed by atoms with Crippen molar-refractivity contribution in [3.05, 3.63) is 81.7 Å². The minimum atomic E-state index is -0.406. The van der Waals surface area contributed by atoms with E-state index >= 15 is 0 Å². The maximum absolute atomic E-state index is 12.0. The number of fused-ring (bicyclic) bond motifs is 1. The number of hydrazine groups is 1. The molecule has 0 bridgehead atoms. The molecular formula is C22H17N5O2S. The Bertz CT molecular complexity index is 1330. The molecule has 0 fully saturated rings. The molecule has 0 radical (unpaired) electrons. The Morgan fingerprint density at radius 1 is 1.17 bits per heavy atom. The van der Waals surface area contributed by atoms with E-state index < -0.39 is 5.63 Å². The van der Waals surface area contributed by atoms with Gasteiger partial charge in [-0.15, -0.1) is 0 Å². The number of nitrogens with one attached hydrogen (secondary N) is 1. The molecule has 0 aliphatic rings. The fourth-order valence-electron chi connectivity index (χ4n) is 3.12. The highest BCUT2D eigenvalue weighted by Gasteiger charge is 2.16. The lowest BCUT2D eigenvalue weighted by Gasteiger charge is -2.11. The first kappa shape index (κ1) is 19.6. The number of anilines is 1. The van der Waals surface area contributed by atoms with Crippen molar-refractivity contribution in [2.45, 2.75) is 17.8 Å². The molecule has 0 atom stereocenters. The van der Waals surface area contributed by atoms with E-state index in [1.54, 1.807) is 6.07 Å². The molecule has 30 heavy (non-hydrogen) atoms. The third-order valence-electron chi connectivity index (χ3n) is 4.52. The average Bonchev–Trinajstić information content (AvgIpc) is 2.77. The van der Waals surface area contributed by atoms with Crippen LogP contribution in [0.15, 0.2) is 69.0 Å². The largest absolute Gasteiger partial charge is 0.423 e. The monoisotopic (exact) mass is 415 g/mol. The van der Waals surface area contributed by atoms with Crippen LogP contribution < -0.4 is 16.9 Å². The molecule has 2 aromatic carbocycles. The molecule has 0 saturated carbocycles. The molecule has 0 aliphatic heterocycles. The molecule has 2 heterocycles. The Balaban J connectivity index is 1.75. The summed E-state index contributed by atoms with van der Waals surface area (Å²) >= 11 is 1.35. The van der Waals surface area contributed by atoms with Crippen LogP contribution in [-0.4, -0.2) is 9.97 Å². The minimum absolute atomic E-state index is 0.252. The van der Waals surface area contributed by atoms with Crippen LogP contribution in [0.1, 0.15) is 16.7 Å². The van der Waals surface area contributed by atoms with Crippen LogP contribution in [0, 0.1) is 18.3 Å². The van der Waals surface area contributed by atoms with Gasteiger partial charge in [0.05, 0.1) is 5.69 Å². The molecule has 0 amide bonds. The van der Waals surface area contributed by atoms with Crippen molar-refractivity contribution in [1.29, 1.82) is 5.26 Å². The number of hydrogen-bond donors (Lipinski definition) is 2. The summed E-state index contributed by atoms with van der Waals surface area (Å²) in [6.07, 6.45) is 0. The zero-order chi connectivity index (χ0) is 21.1. The van der Waals surface area contributed by atoms with Crippen LogP contribution in [0.5, 0.6) is 0 Å². The lowest BCUT2D eigenvalue weighted by Crippen LogP contribution is -2.12. The van der Waals surface area contributed by atoms with E-state index in [1.165, 1.54) is 17.8 Å². The van der Waals surface area contributed by atoms with Gasteiger partial charge in [0, 0.05) is 22.8 Å². The third-order valence-corrected chi connectivity index (χ3v) is 5.42. The molecule has 148 valence electrons. The van der Waals surface area contributed by atoms with Gasteiger partial charge in [-0.25, -0.2) is 20.6 Å². The third kappa shape index (κ3) is 3.89. The first-order chi connectivity index (χ1) is 14.6. The van der Waals surface area contributed by atoms with Gasteiger partial charge < -0.3 is 9.84 Å². The van der Waals surface area contributed by atoms with E-state index in [9.17, 15) is 10.1 Å². The lowest BCUT2D eigenvalue weighted by molar-refractivity contribution is 0.559. The van der Waals surface area contributed by atoms with Crippen molar-refractivity contribution in [1.82, 2.24) is 9.97 Å². The van der Waals surface area contributed by atoms with Crippen LogP contribution in [0.25, 0.3) is 22.2 Å². The van der Waals surface area contributed by atoms with Crippen molar-refractivity contribution >= 4 is 28.5 Å². The number of aryl methyl sites for hydroxylation is 1. The number of thioether (sulfide) groups is 1. The Labute approximate surface area is 176 Å². The van der Waals surface area contributed by atoms with Gasteiger partial charge in [-0.3, -0.25) is 0 Å². The quantitative estimate of drug-likeness (QED) is 0.165. The lowest BCUT2D eigenvalue weighted by atomic mass is 10.1. The molecular weight excluding hydrogens is 398 g/mol. The van der Waals surface area contributed by atoms with Crippen molar-refractivity contribution in [2.24, 2.45) is 5.84 Å². The Hall–Kier alpha value is -3.67. The SMILES string of the molecule is Cc1ccc2oc(=O)cc(CSc3nc(NN)c(C#N)c(-c4ccccc4)n3)c2c1. The maximum atomic E-state index is 12.0. The predicted octanol–water partition coefficient (Wildman–Crippen LogP) is 4.01. The highest BCUT2D eigenvalue weighted by molar-refractivity contribution is 7.98. The van der Waals surface area contributed by atoms with E-state index in [0.29, 0.717) is 22.2 Å². The zero-order valence-electron chi connectivity index (χ0n) is 16.0. The van der Waals surface area contributed by atoms with Crippen LogP contribution in [0.2, 0.25) is 0 Å². The van der Waals surface area contributed by atoms with E-state index in [-0.39, 0.29) is 11.4 Å². The topological polar surface area (TPSA) is 118 Å². The summed E-state index contributed by atoms with van der Waals surface area (Å²) in [6, 6.07) is 18.7. The normalized spacial score (nSPS) is 10.7. The molecule has 7 nitrogen and oxygen atoms in total. The first-order valence-electron chi connectivity index (χ1n) is 9.09. The molecule has 4 rings (SSSR count). The number of nitriles is 1. The Kier molecular flexibility index (Phi) is 5.48. The second-order valence-corrected chi connectivity index (χ2v) is 7.52. The molecule has 4 aromatic rings. The number of aromatic nitrogens is 2. The van der Waals surface area contributed by atoms with Crippen LogP contribution in [0.3, 0.4) is 0 Å². The Morgan fingerprint density at radius 3 is 2.70 bits per heavy atom. The summed E-state index contributed by atoms with van der Waals surface area (Å²) < 4.78 is 5.29. The summed E-state index contributed by atoms with van der Waals surface area (Å²) in [5.74, 6) is 6.31. The van der Waals surface area contributed by atoms with E-state index in [0.717, 1.165) is 22.1 Å². The van der Waals surface area contributed by atoms with Crippen molar-refractivity contribution in [3.8, 4) is 17.3 Å². The first-order valence-corrected chi connectivity index (χ1v) is 10.1. The summed E-state index contributed by atoms with van der Waals surface area (Å²) in [5, 5.41) is 10.9. The van der Waals surface area contributed by atoms with E-state index in [4.69, 9.17) is 10.3 Å². The second kappa shape index (κ2) is 8.37. The number of hydrogen-bond acceptors (Lipinski definition) is 8. The average molecular weight is 415 g/mol. The molecule has 2 aromatic heterocycles. The van der Waals surface area contributed by atoms with E-state index in [2.05, 4.69) is 21.5 Å². The zero-order valence-corrected chi connectivity index (χ0v) is 16.9. The van der Waals surface area contributed by atoms with Gasteiger partial charge in [0.2, 0.25) is 0 Å². The number of nitrogens with zero attached hydrogens (tertiary/aromatic N) is 3. The molecule has 0 spiro atoms. The fraction of sp³-hybridized carbons (Fsp3) is 0.0909. The highest BCUT2D eigenvalue weighted by Crippen LogP contribution is 2.31. The maximum Gasteiger partial charge on any atom is 0.336 e. The van der Waals surface area contributed by atoms with Crippen molar-refractivity contribution < 1.29 is 4.42 Å². The van der Waals surface area contributed by atoms with Gasteiger partial charge in [0.1, 0.15) is 17.2 Å². The molecule has 0 aliphatic carbocycles. The summed E-state index contributed by atoms with van der Waals surface area (Å²) in [5.41, 5.74) is 6.08. The molecule has 0 saturated heterocycles. The van der Waals surface area contributed by atoms with Crippen molar-refractivity contribution in [2.75, 3.05) is 5.43 Å². The van der Waals surface area contributed by atoms with Gasteiger partial charge in [-0.1, -0.05) is 53.7 Å². The number of benzene rings is 2. The Morgan fingerprint density at radius 2 is 1.97 bits per heavy atom. The van der Waals surface area contributed by atoms with Gasteiger partial charge >= 0.3 is 5.63 Å². The standard InChI is InChI=1S/C22H17N5O2S/c1-13-7-8-18-16(9-13)15(10-19(28)29-18)12-30-22-25-20(14-5-3-2-4-6-14)17(11-23)21(26-22)27-24/h2-10H,12,24H2,1H3,(H,25,26,27). The number of rotatable bonds is 5. The van der Waals surface area contributed by atoms with Crippen molar-refractivity contribution in [3.63, 3.8) is 0 Å².